The maximum atomic E-state index is 4.11. The van der Waals surface area contributed by atoms with E-state index in [9.17, 15) is 0 Å². The van der Waals surface area contributed by atoms with Crippen LogP contribution in [0.1, 0.15) is 19.4 Å². The highest BCUT2D eigenvalue weighted by Gasteiger charge is 2.07. The maximum absolute atomic E-state index is 4.11. The molecule has 136 valence electrons. The van der Waals surface area contributed by atoms with E-state index < -0.39 is 0 Å². The molecule has 0 unspecified atom stereocenters. The summed E-state index contributed by atoms with van der Waals surface area (Å²) < 4.78 is 0. The Morgan fingerprint density at radius 3 is 1.70 bits per heavy atom. The second-order valence-corrected chi connectivity index (χ2v) is 5.50. The van der Waals surface area contributed by atoms with Crippen LogP contribution in [0.3, 0.4) is 0 Å². The molecule has 2 heterocycles. The lowest BCUT2D eigenvalue weighted by molar-refractivity contribution is 1.32. The Labute approximate surface area is 161 Å². The minimum Gasteiger partial charge on any atom is -0.296 e. The summed E-state index contributed by atoms with van der Waals surface area (Å²) in [6.07, 6.45) is 12.8. The van der Waals surface area contributed by atoms with Gasteiger partial charge >= 0.3 is 0 Å². The summed E-state index contributed by atoms with van der Waals surface area (Å²) in [6, 6.07) is 14.6. The Morgan fingerprint density at radius 1 is 0.815 bits per heavy atom. The van der Waals surface area contributed by atoms with Gasteiger partial charge in [0, 0.05) is 38.0 Å². The van der Waals surface area contributed by atoms with E-state index in [2.05, 4.69) is 39.7 Å². The zero-order valence-corrected chi connectivity index (χ0v) is 16.1. The predicted octanol–water partition coefficient (Wildman–Crippen LogP) is 6.11. The van der Waals surface area contributed by atoms with Crippen molar-refractivity contribution in [2.45, 2.75) is 13.8 Å². The van der Waals surface area contributed by atoms with Crippen LogP contribution in [-0.4, -0.2) is 23.2 Å². The summed E-state index contributed by atoms with van der Waals surface area (Å²) >= 11 is 0. The average Bonchev–Trinajstić information content (AvgIpc) is 2.77. The molecule has 0 saturated heterocycles. The van der Waals surface area contributed by atoms with Crippen molar-refractivity contribution in [3.63, 3.8) is 0 Å². The van der Waals surface area contributed by atoms with Crippen molar-refractivity contribution >= 4 is 11.8 Å². The Kier molecular flexibility index (Phi) is 7.86. The first-order chi connectivity index (χ1) is 13.3. The molecular weight excluding hydrogens is 330 g/mol. The van der Waals surface area contributed by atoms with E-state index in [0.717, 1.165) is 33.4 Å². The van der Waals surface area contributed by atoms with E-state index in [0.29, 0.717) is 0 Å². The number of nitrogens with zero attached hydrogens (tertiary/aromatic N) is 3. The van der Waals surface area contributed by atoms with Crippen LogP contribution in [0.4, 0.5) is 0 Å². The lowest BCUT2D eigenvalue weighted by Crippen LogP contribution is -1.89. The van der Waals surface area contributed by atoms with Crippen LogP contribution in [0.25, 0.3) is 27.8 Å². The third kappa shape index (κ3) is 5.32. The van der Waals surface area contributed by atoms with Crippen LogP contribution in [0.15, 0.2) is 91.0 Å². The van der Waals surface area contributed by atoms with E-state index in [1.165, 1.54) is 0 Å². The zero-order valence-electron chi connectivity index (χ0n) is 16.1. The molecular formula is C24H25N3. The first-order valence-electron chi connectivity index (χ1n) is 9.03. The molecule has 0 spiro atoms. The Hall–Kier alpha value is -3.33. The fourth-order valence-electron chi connectivity index (χ4n) is 2.65. The Bertz CT molecular complexity index is 853. The second-order valence-electron chi connectivity index (χ2n) is 5.50. The van der Waals surface area contributed by atoms with Gasteiger partial charge in [-0.05, 0) is 81.9 Å². The standard InChI is InChI=1S/C22H19N3.C2H6/c1-3-17(4-9-23-2)20-14-21(18-5-10-24-11-6-18)16-22(15-20)19-7-12-25-13-8-19;1-2/h3-16H,1H2,2H3;1-2H3/b17-4+,23-9?;. The molecule has 0 radical (unpaired) electrons. The summed E-state index contributed by atoms with van der Waals surface area (Å²) in [5.41, 5.74) is 6.63. The van der Waals surface area contributed by atoms with Crippen molar-refractivity contribution in [2.75, 3.05) is 7.05 Å². The van der Waals surface area contributed by atoms with Gasteiger partial charge in [0.15, 0.2) is 0 Å². The first kappa shape index (κ1) is 20.0. The van der Waals surface area contributed by atoms with E-state index in [1.54, 1.807) is 13.3 Å². The van der Waals surface area contributed by atoms with Crippen LogP contribution in [0.5, 0.6) is 0 Å². The fraction of sp³-hybridized carbons (Fsp3) is 0.125. The predicted molar refractivity (Wildman–Crippen MR) is 117 cm³/mol. The Morgan fingerprint density at radius 2 is 1.30 bits per heavy atom. The second kappa shape index (κ2) is 10.6. The van der Waals surface area contributed by atoms with Crippen LogP contribution in [-0.2, 0) is 0 Å². The van der Waals surface area contributed by atoms with E-state index >= 15 is 0 Å². The van der Waals surface area contributed by atoms with Crippen molar-refractivity contribution in [1.82, 2.24) is 9.97 Å². The van der Waals surface area contributed by atoms with Gasteiger partial charge in [0.2, 0.25) is 0 Å². The highest BCUT2D eigenvalue weighted by atomic mass is 14.6. The van der Waals surface area contributed by atoms with Gasteiger partial charge in [-0.15, -0.1) is 0 Å². The number of hydrogen-bond donors (Lipinski definition) is 0. The summed E-state index contributed by atoms with van der Waals surface area (Å²) in [5, 5.41) is 0. The van der Waals surface area contributed by atoms with Gasteiger partial charge in [0.1, 0.15) is 0 Å². The van der Waals surface area contributed by atoms with Gasteiger partial charge in [-0.3, -0.25) is 15.0 Å². The number of aliphatic imine (C=N–C) groups is 1. The highest BCUT2D eigenvalue weighted by Crippen LogP contribution is 2.30. The molecule has 0 atom stereocenters. The summed E-state index contributed by atoms with van der Waals surface area (Å²) in [5.74, 6) is 0. The van der Waals surface area contributed by atoms with Crippen molar-refractivity contribution in [1.29, 1.82) is 0 Å². The quantitative estimate of drug-likeness (QED) is 0.409. The molecule has 0 aliphatic carbocycles. The molecule has 3 aromatic rings. The maximum Gasteiger partial charge on any atom is 0.0277 e. The molecule has 0 amide bonds. The number of rotatable bonds is 5. The fourth-order valence-corrected chi connectivity index (χ4v) is 2.65. The van der Waals surface area contributed by atoms with Gasteiger partial charge in [-0.2, -0.15) is 0 Å². The van der Waals surface area contributed by atoms with Crippen molar-refractivity contribution in [3.05, 3.63) is 91.5 Å². The lowest BCUT2D eigenvalue weighted by atomic mass is 9.94. The number of pyridine rings is 2. The van der Waals surface area contributed by atoms with Crippen LogP contribution in [0.2, 0.25) is 0 Å². The topological polar surface area (TPSA) is 38.1 Å². The highest BCUT2D eigenvalue weighted by molar-refractivity contribution is 5.90. The van der Waals surface area contributed by atoms with Crippen LogP contribution >= 0.6 is 0 Å². The molecule has 3 rings (SSSR count). The van der Waals surface area contributed by atoms with E-state index in [4.69, 9.17) is 0 Å². The molecule has 1 aromatic carbocycles. The van der Waals surface area contributed by atoms with Gasteiger partial charge in [-0.25, -0.2) is 0 Å². The molecule has 0 N–H and O–H groups in total. The van der Waals surface area contributed by atoms with Gasteiger partial charge in [-0.1, -0.05) is 26.5 Å². The molecule has 0 aliphatic rings. The average molecular weight is 355 g/mol. The van der Waals surface area contributed by atoms with Gasteiger partial charge < -0.3 is 0 Å². The Balaban J connectivity index is 0.00000126. The van der Waals surface area contributed by atoms with Crippen molar-refractivity contribution in [2.24, 2.45) is 4.99 Å². The molecule has 0 fully saturated rings. The molecule has 0 aliphatic heterocycles. The van der Waals surface area contributed by atoms with Crippen molar-refractivity contribution < 1.29 is 0 Å². The number of hydrogen-bond acceptors (Lipinski definition) is 3. The van der Waals surface area contributed by atoms with E-state index in [-0.39, 0.29) is 0 Å². The minimum atomic E-state index is 1.02. The summed E-state index contributed by atoms with van der Waals surface area (Å²) in [6.45, 7) is 7.95. The molecule has 3 heteroatoms. The number of benzene rings is 1. The SMILES string of the molecule is C=C/C(=C\C=NC)c1cc(-c2ccncc2)cc(-c2ccncc2)c1.CC. The molecule has 2 aromatic heterocycles. The summed E-state index contributed by atoms with van der Waals surface area (Å²) in [4.78, 5) is 12.3. The third-order valence-corrected chi connectivity index (χ3v) is 3.92. The number of aromatic nitrogens is 2. The lowest BCUT2D eigenvalue weighted by Gasteiger charge is -2.11. The minimum absolute atomic E-state index is 1.02. The smallest absolute Gasteiger partial charge is 0.0277 e. The number of allylic oxidation sites excluding steroid dienone is 3. The van der Waals surface area contributed by atoms with Crippen LogP contribution < -0.4 is 0 Å². The normalized spacial score (nSPS) is 11.0. The van der Waals surface area contributed by atoms with Gasteiger partial charge in [0.05, 0.1) is 0 Å². The third-order valence-electron chi connectivity index (χ3n) is 3.92. The zero-order chi connectivity index (χ0) is 19.5. The largest absolute Gasteiger partial charge is 0.296 e. The molecule has 0 bridgehead atoms. The molecule has 0 saturated carbocycles. The molecule has 3 nitrogen and oxygen atoms in total. The van der Waals surface area contributed by atoms with Gasteiger partial charge in [0.25, 0.3) is 0 Å². The summed E-state index contributed by atoms with van der Waals surface area (Å²) in [7, 11) is 1.76. The molecule has 27 heavy (non-hydrogen) atoms. The first-order valence-corrected chi connectivity index (χ1v) is 9.03. The van der Waals surface area contributed by atoms with Crippen molar-refractivity contribution in [3.8, 4) is 22.3 Å². The van der Waals surface area contributed by atoms with E-state index in [1.807, 2.05) is 75.1 Å². The van der Waals surface area contributed by atoms with Crippen LogP contribution in [0, 0.1) is 0 Å². The monoisotopic (exact) mass is 355 g/mol.